The minimum atomic E-state index is -3.61. The van der Waals surface area contributed by atoms with Crippen molar-refractivity contribution < 1.29 is 17.7 Å². The van der Waals surface area contributed by atoms with Crippen molar-refractivity contribution in [3.8, 4) is 0 Å². The van der Waals surface area contributed by atoms with E-state index in [0.717, 1.165) is 37.7 Å². The van der Waals surface area contributed by atoms with Crippen molar-refractivity contribution in [1.82, 2.24) is 0 Å². The summed E-state index contributed by atoms with van der Waals surface area (Å²) in [6.07, 6.45) is 11.1. The maximum atomic E-state index is 12.0. The fourth-order valence-corrected chi connectivity index (χ4v) is 3.51. The second kappa shape index (κ2) is 12.5. The molecule has 0 radical (unpaired) electrons. The summed E-state index contributed by atoms with van der Waals surface area (Å²) < 4.78 is 29.1. The van der Waals surface area contributed by atoms with Crippen LogP contribution >= 0.6 is 0 Å². The first-order chi connectivity index (χ1) is 11.6. The number of aliphatic hydroxyl groups excluding tert-OH is 1. The van der Waals surface area contributed by atoms with Crippen LogP contribution in [0, 0.1) is 6.92 Å². The number of aryl methyl sites for hydroxylation is 1. The standard InChI is InChI=1S/C19H32O4S/c1-18-12-14-19(15-13-18)24(21,22)23-17-11-9-7-5-3-2-4-6-8-10-16-20/h12-15,20H,2-11,16-17H2,1H3. The topological polar surface area (TPSA) is 63.6 Å². The van der Waals surface area contributed by atoms with Crippen molar-refractivity contribution in [2.45, 2.75) is 76.0 Å². The van der Waals surface area contributed by atoms with Crippen molar-refractivity contribution >= 4 is 10.1 Å². The molecule has 0 bridgehead atoms. The lowest BCUT2D eigenvalue weighted by Gasteiger charge is -2.06. The van der Waals surface area contributed by atoms with Gasteiger partial charge in [-0.15, -0.1) is 0 Å². The van der Waals surface area contributed by atoms with Gasteiger partial charge in [-0.05, 0) is 31.9 Å². The van der Waals surface area contributed by atoms with Gasteiger partial charge in [0.2, 0.25) is 0 Å². The van der Waals surface area contributed by atoms with Gasteiger partial charge < -0.3 is 5.11 Å². The van der Waals surface area contributed by atoms with Crippen molar-refractivity contribution in [3.63, 3.8) is 0 Å². The second-order valence-electron chi connectivity index (χ2n) is 6.35. The first-order valence-electron chi connectivity index (χ1n) is 9.13. The van der Waals surface area contributed by atoms with Crippen molar-refractivity contribution in [1.29, 1.82) is 0 Å². The summed E-state index contributed by atoms with van der Waals surface area (Å²) in [6.45, 7) is 2.49. The Hall–Kier alpha value is -0.910. The van der Waals surface area contributed by atoms with E-state index < -0.39 is 10.1 Å². The molecule has 24 heavy (non-hydrogen) atoms. The molecular formula is C19H32O4S. The highest BCUT2D eigenvalue weighted by Gasteiger charge is 2.14. The number of hydrogen-bond acceptors (Lipinski definition) is 4. The zero-order chi connectivity index (χ0) is 17.7. The molecule has 0 heterocycles. The van der Waals surface area contributed by atoms with E-state index in [1.165, 1.54) is 32.1 Å². The molecule has 1 aromatic carbocycles. The number of rotatable bonds is 14. The molecule has 1 aromatic rings. The van der Waals surface area contributed by atoms with Gasteiger partial charge in [0.15, 0.2) is 0 Å². The normalized spacial score (nSPS) is 11.8. The maximum absolute atomic E-state index is 12.0. The molecule has 1 rings (SSSR count). The Morgan fingerprint density at radius 1 is 0.792 bits per heavy atom. The molecule has 0 saturated carbocycles. The molecule has 4 nitrogen and oxygen atoms in total. The predicted molar refractivity (Wildman–Crippen MR) is 97.6 cm³/mol. The largest absolute Gasteiger partial charge is 0.396 e. The smallest absolute Gasteiger partial charge is 0.296 e. The first kappa shape index (κ1) is 21.1. The lowest BCUT2D eigenvalue weighted by atomic mass is 10.1. The third-order valence-electron chi connectivity index (χ3n) is 4.10. The third-order valence-corrected chi connectivity index (χ3v) is 5.43. The van der Waals surface area contributed by atoms with Gasteiger partial charge in [-0.2, -0.15) is 8.42 Å². The molecule has 0 amide bonds. The third kappa shape index (κ3) is 9.40. The summed E-state index contributed by atoms with van der Waals surface area (Å²) in [7, 11) is -3.61. The lowest BCUT2D eigenvalue weighted by molar-refractivity contribution is 0.282. The van der Waals surface area contributed by atoms with Gasteiger partial charge in [0.05, 0.1) is 11.5 Å². The molecule has 0 unspecified atom stereocenters. The Balaban J connectivity index is 2.01. The van der Waals surface area contributed by atoms with Gasteiger partial charge in [-0.25, -0.2) is 0 Å². The predicted octanol–water partition coefficient (Wildman–Crippen LogP) is 4.59. The molecule has 0 spiro atoms. The molecule has 0 aliphatic carbocycles. The van der Waals surface area contributed by atoms with E-state index in [0.29, 0.717) is 6.61 Å². The van der Waals surface area contributed by atoms with Crippen LogP contribution in [0.2, 0.25) is 0 Å². The van der Waals surface area contributed by atoms with Crippen LogP contribution in [0.25, 0.3) is 0 Å². The van der Waals surface area contributed by atoms with Crippen LogP contribution in [0.3, 0.4) is 0 Å². The lowest BCUT2D eigenvalue weighted by Crippen LogP contribution is -2.07. The van der Waals surface area contributed by atoms with Gasteiger partial charge in [0.1, 0.15) is 0 Å². The van der Waals surface area contributed by atoms with E-state index in [1.54, 1.807) is 24.3 Å². The molecule has 1 N–H and O–H groups in total. The van der Waals surface area contributed by atoms with Crippen LogP contribution in [0.5, 0.6) is 0 Å². The molecule has 0 atom stereocenters. The first-order valence-corrected chi connectivity index (χ1v) is 10.5. The summed E-state index contributed by atoms with van der Waals surface area (Å²) in [5.74, 6) is 0. The average molecular weight is 357 g/mol. The van der Waals surface area contributed by atoms with Gasteiger partial charge in [-0.3, -0.25) is 4.18 Å². The van der Waals surface area contributed by atoms with Crippen LogP contribution in [-0.4, -0.2) is 26.7 Å². The number of hydrogen-bond donors (Lipinski definition) is 1. The van der Waals surface area contributed by atoms with E-state index in [-0.39, 0.29) is 11.5 Å². The van der Waals surface area contributed by atoms with E-state index in [1.807, 2.05) is 6.92 Å². The number of benzene rings is 1. The fraction of sp³-hybridized carbons (Fsp3) is 0.684. The molecule has 0 aliphatic heterocycles. The van der Waals surface area contributed by atoms with E-state index in [9.17, 15) is 8.42 Å². The van der Waals surface area contributed by atoms with E-state index in [2.05, 4.69) is 0 Å². The van der Waals surface area contributed by atoms with Gasteiger partial charge in [0, 0.05) is 6.61 Å². The minimum absolute atomic E-state index is 0.231. The highest BCUT2D eigenvalue weighted by molar-refractivity contribution is 7.86. The quantitative estimate of drug-likeness (QED) is 0.391. The van der Waals surface area contributed by atoms with Gasteiger partial charge in [-0.1, -0.05) is 69.1 Å². The van der Waals surface area contributed by atoms with Crippen LogP contribution in [0.1, 0.15) is 69.8 Å². The molecule has 5 heteroatoms. The minimum Gasteiger partial charge on any atom is -0.396 e. The summed E-state index contributed by atoms with van der Waals surface area (Å²) in [4.78, 5) is 0.231. The van der Waals surface area contributed by atoms with Crippen LogP contribution < -0.4 is 0 Å². The van der Waals surface area contributed by atoms with Gasteiger partial charge >= 0.3 is 0 Å². The highest BCUT2D eigenvalue weighted by Crippen LogP contribution is 2.15. The number of unbranched alkanes of at least 4 members (excludes halogenated alkanes) is 9. The van der Waals surface area contributed by atoms with E-state index in [4.69, 9.17) is 9.29 Å². The maximum Gasteiger partial charge on any atom is 0.296 e. The Bertz CT molecular complexity index is 523. The molecule has 138 valence electrons. The summed E-state index contributed by atoms with van der Waals surface area (Å²) in [5.41, 5.74) is 1.03. The molecule has 0 saturated heterocycles. The second-order valence-corrected chi connectivity index (χ2v) is 7.96. The van der Waals surface area contributed by atoms with Crippen molar-refractivity contribution in [2.75, 3.05) is 13.2 Å². The Morgan fingerprint density at radius 3 is 1.75 bits per heavy atom. The van der Waals surface area contributed by atoms with Crippen LogP contribution in [-0.2, 0) is 14.3 Å². The molecular weight excluding hydrogens is 324 g/mol. The van der Waals surface area contributed by atoms with E-state index >= 15 is 0 Å². The fourth-order valence-electron chi connectivity index (χ4n) is 2.57. The summed E-state index contributed by atoms with van der Waals surface area (Å²) in [5, 5.41) is 8.69. The van der Waals surface area contributed by atoms with Crippen molar-refractivity contribution in [2.24, 2.45) is 0 Å². The Kier molecular flexibility index (Phi) is 11.0. The Morgan fingerprint density at radius 2 is 1.25 bits per heavy atom. The van der Waals surface area contributed by atoms with Crippen molar-refractivity contribution in [3.05, 3.63) is 29.8 Å². The summed E-state index contributed by atoms with van der Waals surface area (Å²) >= 11 is 0. The molecule has 0 fully saturated rings. The molecule has 0 aromatic heterocycles. The zero-order valence-electron chi connectivity index (χ0n) is 14.9. The van der Waals surface area contributed by atoms with Crippen LogP contribution in [0.4, 0.5) is 0 Å². The monoisotopic (exact) mass is 356 g/mol. The zero-order valence-corrected chi connectivity index (χ0v) is 15.7. The highest BCUT2D eigenvalue weighted by atomic mass is 32.2. The number of aliphatic hydroxyl groups is 1. The molecule has 0 aliphatic rings. The SMILES string of the molecule is Cc1ccc(S(=O)(=O)OCCCCCCCCCCCCO)cc1. The Labute approximate surface area is 147 Å². The average Bonchev–Trinajstić information content (AvgIpc) is 2.56. The van der Waals surface area contributed by atoms with Crippen LogP contribution in [0.15, 0.2) is 29.2 Å². The van der Waals surface area contributed by atoms with Gasteiger partial charge in [0.25, 0.3) is 10.1 Å². The summed E-state index contributed by atoms with van der Waals surface area (Å²) in [6, 6.07) is 6.73.